The number of nitrogens with one attached hydrogen (secondary N) is 1. The van der Waals surface area contributed by atoms with Crippen molar-refractivity contribution in [3.63, 3.8) is 0 Å². The second-order valence-electron chi connectivity index (χ2n) is 4.99. The van der Waals surface area contributed by atoms with Gasteiger partial charge in [-0.25, -0.2) is 0 Å². The highest BCUT2D eigenvalue weighted by Crippen LogP contribution is 2.03. The molecule has 1 rings (SSSR count). The van der Waals surface area contributed by atoms with Crippen LogP contribution in [-0.4, -0.2) is 50.3 Å². The van der Waals surface area contributed by atoms with Crippen molar-refractivity contribution in [2.24, 2.45) is 5.92 Å². The number of nitrogens with zero attached hydrogens (tertiary/aromatic N) is 1. The van der Waals surface area contributed by atoms with Gasteiger partial charge in [-0.3, -0.25) is 4.90 Å². The van der Waals surface area contributed by atoms with Crippen molar-refractivity contribution < 1.29 is 4.74 Å². The number of hydrogen-bond donors (Lipinski definition) is 1. The van der Waals surface area contributed by atoms with Crippen molar-refractivity contribution in [3.05, 3.63) is 0 Å². The molecule has 0 spiro atoms. The average molecular weight is 238 g/mol. The molecular weight excluding hydrogens is 212 g/mol. The van der Waals surface area contributed by atoms with Crippen molar-refractivity contribution >= 4 is 0 Å². The largest absolute Gasteiger partial charge is 0.374 e. The first-order valence-corrected chi connectivity index (χ1v) is 6.72. The fourth-order valence-electron chi connectivity index (χ4n) is 1.87. The molecule has 0 aromatic rings. The van der Waals surface area contributed by atoms with Crippen LogP contribution >= 0.6 is 0 Å². The van der Waals surface area contributed by atoms with Gasteiger partial charge in [0.05, 0.1) is 19.3 Å². The van der Waals surface area contributed by atoms with Gasteiger partial charge >= 0.3 is 0 Å². The first kappa shape index (κ1) is 14.5. The lowest BCUT2D eigenvalue weighted by Gasteiger charge is -2.32. The molecule has 0 saturated carbocycles. The molecule has 0 bridgehead atoms. The zero-order valence-corrected chi connectivity index (χ0v) is 11.5. The summed E-state index contributed by atoms with van der Waals surface area (Å²) in [7, 11) is 0. The minimum absolute atomic E-state index is 0.325. The Balaban J connectivity index is 2.19. The minimum atomic E-state index is 0.325. The van der Waals surface area contributed by atoms with Crippen LogP contribution in [0.25, 0.3) is 0 Å². The zero-order valence-electron chi connectivity index (χ0n) is 11.5. The highest BCUT2D eigenvalue weighted by molar-refractivity contribution is 5.00. The van der Waals surface area contributed by atoms with Gasteiger partial charge < -0.3 is 10.1 Å². The molecule has 1 atom stereocenters. The van der Waals surface area contributed by atoms with Crippen LogP contribution in [0.15, 0.2) is 0 Å². The molecule has 1 fully saturated rings. The summed E-state index contributed by atoms with van der Waals surface area (Å²) in [5.41, 5.74) is 0. The third-order valence-electron chi connectivity index (χ3n) is 2.75. The first-order chi connectivity index (χ1) is 8.22. The van der Waals surface area contributed by atoms with E-state index in [0.717, 1.165) is 45.8 Å². The van der Waals surface area contributed by atoms with E-state index in [2.05, 4.69) is 42.8 Å². The molecule has 0 aliphatic carbocycles. The molecule has 0 aromatic heterocycles. The summed E-state index contributed by atoms with van der Waals surface area (Å²) < 4.78 is 5.74. The van der Waals surface area contributed by atoms with E-state index in [-0.39, 0.29) is 0 Å². The molecule has 1 aliphatic rings. The highest BCUT2D eigenvalue weighted by Gasteiger charge is 2.19. The van der Waals surface area contributed by atoms with Gasteiger partial charge in [-0.05, 0) is 12.5 Å². The zero-order chi connectivity index (χ0) is 12.5. The van der Waals surface area contributed by atoms with Crippen LogP contribution in [0.1, 0.15) is 27.2 Å². The molecule has 1 unspecified atom stereocenters. The van der Waals surface area contributed by atoms with Crippen LogP contribution in [0.4, 0.5) is 0 Å². The molecule has 1 saturated heterocycles. The van der Waals surface area contributed by atoms with Crippen molar-refractivity contribution in [3.8, 4) is 11.8 Å². The number of rotatable bonds is 5. The number of morpholine rings is 1. The smallest absolute Gasteiger partial charge is 0.0827 e. The van der Waals surface area contributed by atoms with E-state index in [1.807, 2.05) is 0 Å². The Hall–Kier alpha value is -0.560. The van der Waals surface area contributed by atoms with Crippen LogP contribution in [0, 0.1) is 17.8 Å². The van der Waals surface area contributed by atoms with E-state index >= 15 is 0 Å². The fraction of sp³-hybridized carbons (Fsp3) is 0.857. The van der Waals surface area contributed by atoms with Gasteiger partial charge in [0.1, 0.15) is 0 Å². The molecule has 17 heavy (non-hydrogen) atoms. The van der Waals surface area contributed by atoms with Crippen molar-refractivity contribution in [2.45, 2.75) is 33.3 Å². The molecule has 3 nitrogen and oxygen atoms in total. The highest BCUT2D eigenvalue weighted by atomic mass is 16.5. The minimum Gasteiger partial charge on any atom is -0.374 e. The summed E-state index contributed by atoms with van der Waals surface area (Å²) in [6.07, 6.45) is 1.27. The molecule has 1 N–H and O–H groups in total. The standard InChI is InChI=1S/C14H26N2O/c1-4-5-6-7-16-8-9-17-14(12-16)11-15-10-13(2)3/h13-15H,4,7-12H2,1-3H3. The molecule has 0 radical (unpaired) electrons. The van der Waals surface area contributed by atoms with Gasteiger partial charge in [-0.15, -0.1) is 5.92 Å². The topological polar surface area (TPSA) is 24.5 Å². The van der Waals surface area contributed by atoms with Gasteiger partial charge in [0.15, 0.2) is 0 Å². The number of hydrogen-bond acceptors (Lipinski definition) is 3. The van der Waals surface area contributed by atoms with Crippen LogP contribution < -0.4 is 5.32 Å². The van der Waals surface area contributed by atoms with Gasteiger partial charge in [0.2, 0.25) is 0 Å². The molecule has 98 valence electrons. The third kappa shape index (κ3) is 6.68. The third-order valence-corrected chi connectivity index (χ3v) is 2.75. The number of ether oxygens (including phenoxy) is 1. The van der Waals surface area contributed by atoms with Crippen LogP contribution in [0.2, 0.25) is 0 Å². The van der Waals surface area contributed by atoms with Crippen molar-refractivity contribution in [1.82, 2.24) is 10.2 Å². The van der Waals surface area contributed by atoms with Gasteiger partial charge in [-0.2, -0.15) is 0 Å². The predicted molar refractivity (Wildman–Crippen MR) is 72.0 cm³/mol. The maximum absolute atomic E-state index is 5.74. The van der Waals surface area contributed by atoms with E-state index in [9.17, 15) is 0 Å². The molecule has 1 aliphatic heterocycles. The summed E-state index contributed by atoms with van der Waals surface area (Å²) in [6, 6.07) is 0. The van der Waals surface area contributed by atoms with Gasteiger partial charge in [0.25, 0.3) is 0 Å². The molecule has 3 heteroatoms. The summed E-state index contributed by atoms with van der Waals surface area (Å²) >= 11 is 0. The van der Waals surface area contributed by atoms with Crippen molar-refractivity contribution in [1.29, 1.82) is 0 Å². The Labute approximate surface area is 106 Å². The molecule has 0 amide bonds. The summed E-state index contributed by atoms with van der Waals surface area (Å²) in [6.45, 7) is 12.3. The van der Waals surface area contributed by atoms with Crippen LogP contribution in [-0.2, 0) is 4.74 Å². The monoisotopic (exact) mass is 238 g/mol. The van der Waals surface area contributed by atoms with E-state index in [1.165, 1.54) is 0 Å². The second-order valence-corrected chi connectivity index (χ2v) is 4.99. The van der Waals surface area contributed by atoms with Crippen molar-refractivity contribution in [2.75, 3.05) is 39.3 Å². The van der Waals surface area contributed by atoms with E-state index < -0.39 is 0 Å². The summed E-state index contributed by atoms with van der Waals surface area (Å²) in [5, 5.41) is 3.45. The molecular formula is C14H26N2O. The first-order valence-electron chi connectivity index (χ1n) is 6.72. The van der Waals surface area contributed by atoms with Gasteiger partial charge in [-0.1, -0.05) is 26.7 Å². The van der Waals surface area contributed by atoms with E-state index in [4.69, 9.17) is 4.74 Å². The van der Waals surface area contributed by atoms with E-state index in [0.29, 0.717) is 12.0 Å². The second kappa shape index (κ2) is 8.52. The van der Waals surface area contributed by atoms with Crippen LogP contribution in [0.3, 0.4) is 0 Å². The summed E-state index contributed by atoms with van der Waals surface area (Å²) in [4.78, 5) is 2.38. The maximum atomic E-state index is 5.74. The lowest BCUT2D eigenvalue weighted by molar-refractivity contribution is -0.0226. The Bertz CT molecular complexity index is 255. The average Bonchev–Trinajstić information content (AvgIpc) is 2.29. The van der Waals surface area contributed by atoms with E-state index in [1.54, 1.807) is 0 Å². The quantitative estimate of drug-likeness (QED) is 0.732. The SMILES string of the molecule is CCC#CCN1CCOC(CNCC(C)C)C1. The molecule has 0 aromatic carbocycles. The lowest BCUT2D eigenvalue weighted by Crippen LogP contribution is -2.47. The lowest BCUT2D eigenvalue weighted by atomic mass is 10.2. The Morgan fingerprint density at radius 3 is 2.94 bits per heavy atom. The Morgan fingerprint density at radius 1 is 1.41 bits per heavy atom. The Kier molecular flexibility index (Phi) is 7.27. The Morgan fingerprint density at radius 2 is 2.24 bits per heavy atom. The van der Waals surface area contributed by atoms with Crippen LogP contribution in [0.5, 0.6) is 0 Å². The fourth-order valence-corrected chi connectivity index (χ4v) is 1.87. The van der Waals surface area contributed by atoms with Gasteiger partial charge in [0, 0.05) is 26.1 Å². The summed E-state index contributed by atoms with van der Waals surface area (Å²) in [5.74, 6) is 7.02. The predicted octanol–water partition coefficient (Wildman–Crippen LogP) is 1.35. The maximum Gasteiger partial charge on any atom is 0.0827 e. The normalized spacial score (nSPS) is 21.3. The molecule has 1 heterocycles.